The average Bonchev–Trinajstić information content (AvgIpc) is 3.08. The molecule has 0 spiro atoms. The number of carboxylic acids is 1. The van der Waals surface area contributed by atoms with Crippen molar-refractivity contribution in [1.29, 1.82) is 0 Å². The number of rotatable bonds is 7. The summed E-state index contributed by atoms with van der Waals surface area (Å²) in [6.07, 6.45) is 6.07. The van der Waals surface area contributed by atoms with Crippen molar-refractivity contribution in [1.82, 2.24) is 0 Å². The average molecular weight is 477 g/mol. The minimum Gasteiger partial charge on any atom is -0.478 e. The maximum absolute atomic E-state index is 14.2. The molecule has 1 aliphatic carbocycles. The van der Waals surface area contributed by atoms with E-state index in [0.29, 0.717) is 11.1 Å². The van der Waals surface area contributed by atoms with E-state index < -0.39 is 5.97 Å². The Bertz CT molecular complexity index is 1240. The maximum atomic E-state index is 14.2. The fraction of sp³-hybridized carbons (Fsp3) is 0.179. The second-order valence-electron chi connectivity index (χ2n) is 8.00. The molecule has 0 aliphatic heterocycles. The molecule has 1 unspecified atom stereocenters. The number of benzene rings is 3. The molecule has 0 aromatic heterocycles. The van der Waals surface area contributed by atoms with Crippen LogP contribution in [0.15, 0.2) is 88.2 Å². The van der Waals surface area contributed by atoms with Gasteiger partial charge >= 0.3 is 5.97 Å². The molecule has 33 heavy (non-hydrogen) atoms. The van der Waals surface area contributed by atoms with Crippen LogP contribution in [0, 0.1) is 5.82 Å². The first kappa shape index (κ1) is 23.4. The smallest absolute Gasteiger partial charge is 0.328 e. The Labute approximate surface area is 202 Å². The van der Waals surface area contributed by atoms with Crippen LogP contribution in [-0.4, -0.2) is 23.6 Å². The summed E-state index contributed by atoms with van der Waals surface area (Å²) < 4.78 is 14.2. The van der Waals surface area contributed by atoms with E-state index in [1.54, 1.807) is 29.6 Å². The molecule has 0 saturated carbocycles. The highest BCUT2D eigenvalue weighted by Gasteiger charge is 2.31. The first-order valence-corrected chi connectivity index (χ1v) is 13.1. The molecule has 0 fully saturated rings. The van der Waals surface area contributed by atoms with Crippen LogP contribution in [0.5, 0.6) is 0 Å². The second-order valence-corrected chi connectivity index (χ2v) is 9.76. The summed E-state index contributed by atoms with van der Waals surface area (Å²) in [6.45, 7) is 1.95. The predicted octanol–water partition coefficient (Wildman–Crippen LogP) is 7.55. The quantitative estimate of drug-likeness (QED) is 0.282. The van der Waals surface area contributed by atoms with Crippen LogP contribution in [-0.2, 0) is 11.2 Å². The molecule has 0 radical (unpaired) electrons. The van der Waals surface area contributed by atoms with Crippen LogP contribution < -0.4 is 0 Å². The zero-order valence-electron chi connectivity index (χ0n) is 18.8. The molecule has 2 nitrogen and oxygen atoms in total. The Morgan fingerprint density at radius 1 is 0.939 bits per heavy atom. The summed E-state index contributed by atoms with van der Waals surface area (Å²) >= 11 is 3.41. The van der Waals surface area contributed by atoms with E-state index in [9.17, 15) is 14.3 Å². The molecule has 3 aromatic carbocycles. The number of carboxylic acid groups (broad SMARTS) is 1. The van der Waals surface area contributed by atoms with Crippen molar-refractivity contribution in [2.45, 2.75) is 29.1 Å². The van der Waals surface area contributed by atoms with Gasteiger partial charge in [-0.05, 0) is 101 Å². The number of aliphatic carboxylic acids is 1. The van der Waals surface area contributed by atoms with Gasteiger partial charge in [-0.25, -0.2) is 9.18 Å². The fourth-order valence-corrected chi connectivity index (χ4v) is 5.32. The summed E-state index contributed by atoms with van der Waals surface area (Å²) in [6, 6.07) is 21.8. The molecule has 0 bridgehead atoms. The van der Waals surface area contributed by atoms with Crippen LogP contribution in [0.25, 0.3) is 11.1 Å². The molecular weight excluding hydrogens is 451 g/mol. The molecule has 168 valence electrons. The van der Waals surface area contributed by atoms with E-state index in [-0.39, 0.29) is 11.7 Å². The summed E-state index contributed by atoms with van der Waals surface area (Å²) in [5.74, 6) is -1.40. The molecule has 3 aromatic rings. The second kappa shape index (κ2) is 10.0. The number of allylic oxidation sites excluding steroid dienone is 3. The van der Waals surface area contributed by atoms with E-state index in [4.69, 9.17) is 0 Å². The highest BCUT2D eigenvalue weighted by Crippen LogP contribution is 2.49. The zero-order valence-corrected chi connectivity index (χ0v) is 20.4. The van der Waals surface area contributed by atoms with E-state index in [1.165, 1.54) is 33.6 Å². The molecule has 0 amide bonds. The third-order valence-electron chi connectivity index (χ3n) is 6.10. The molecule has 1 atom stereocenters. The van der Waals surface area contributed by atoms with Gasteiger partial charge in [-0.3, -0.25) is 0 Å². The van der Waals surface area contributed by atoms with Gasteiger partial charge in [0.2, 0.25) is 0 Å². The highest BCUT2D eigenvalue weighted by molar-refractivity contribution is 7.98. The van der Waals surface area contributed by atoms with Gasteiger partial charge in [-0.2, -0.15) is 0 Å². The molecular formula is C28H25FO2S2. The molecule has 0 heterocycles. The number of hydrogen-bond acceptors (Lipinski definition) is 3. The summed E-state index contributed by atoms with van der Waals surface area (Å²) in [5, 5.41) is 9.47. The van der Waals surface area contributed by atoms with Crippen LogP contribution in [0.4, 0.5) is 4.39 Å². The van der Waals surface area contributed by atoms with Gasteiger partial charge in [-0.1, -0.05) is 30.3 Å². The molecule has 5 heteroatoms. The van der Waals surface area contributed by atoms with Gasteiger partial charge in [0.1, 0.15) is 5.82 Å². The highest BCUT2D eigenvalue weighted by atomic mass is 32.2. The Morgan fingerprint density at radius 3 is 2.12 bits per heavy atom. The van der Waals surface area contributed by atoms with E-state index in [1.807, 2.05) is 6.92 Å². The van der Waals surface area contributed by atoms with Gasteiger partial charge in [0, 0.05) is 21.8 Å². The number of thioether (sulfide) groups is 2. The lowest BCUT2D eigenvalue weighted by Gasteiger charge is -2.22. The first-order valence-electron chi connectivity index (χ1n) is 10.6. The van der Waals surface area contributed by atoms with Gasteiger partial charge in [-0.15, -0.1) is 23.5 Å². The molecule has 0 saturated heterocycles. The number of carbonyl (C=O) groups is 1. The van der Waals surface area contributed by atoms with Gasteiger partial charge in [0.25, 0.3) is 0 Å². The Kier molecular flexibility index (Phi) is 7.11. The molecule has 1 N–H and O–H groups in total. The van der Waals surface area contributed by atoms with Crippen LogP contribution in [0.3, 0.4) is 0 Å². The third-order valence-corrected chi connectivity index (χ3v) is 7.59. The number of fused-ring (bicyclic) bond motifs is 1. The van der Waals surface area contributed by atoms with E-state index in [2.05, 4.69) is 61.0 Å². The van der Waals surface area contributed by atoms with Crippen molar-refractivity contribution in [3.8, 4) is 0 Å². The van der Waals surface area contributed by atoms with Crippen molar-refractivity contribution in [2.75, 3.05) is 12.5 Å². The summed E-state index contributed by atoms with van der Waals surface area (Å²) in [5.41, 5.74) is 6.43. The normalized spacial score (nSPS) is 15.1. The Morgan fingerprint density at radius 2 is 1.55 bits per heavy atom. The monoisotopic (exact) mass is 476 g/mol. The van der Waals surface area contributed by atoms with E-state index in [0.717, 1.165) is 28.7 Å². The predicted molar refractivity (Wildman–Crippen MR) is 137 cm³/mol. The number of hydrogen-bond donors (Lipinski definition) is 1. The fourth-order valence-electron chi connectivity index (χ4n) is 4.50. The largest absolute Gasteiger partial charge is 0.478 e. The molecule has 4 rings (SSSR count). The summed E-state index contributed by atoms with van der Waals surface area (Å²) in [7, 11) is 0. The zero-order chi connectivity index (χ0) is 23.5. The maximum Gasteiger partial charge on any atom is 0.328 e. The van der Waals surface area contributed by atoms with Crippen LogP contribution in [0.1, 0.15) is 35.1 Å². The van der Waals surface area contributed by atoms with Crippen molar-refractivity contribution in [2.24, 2.45) is 0 Å². The van der Waals surface area contributed by atoms with Gasteiger partial charge in [0.05, 0.1) is 0 Å². The Hall–Kier alpha value is -2.76. The standard InChI is InChI=1S/C28H25FO2S2/c1-17-24(16-27(30)31)26-15-20(29)8-13-23(26)28(17)25(19-6-11-22(33-3)12-7-19)14-18-4-9-21(32-2)10-5-18/h4-13,15-16,25H,14H2,1-3H3,(H,30,31)/b24-16+. The lowest BCUT2D eigenvalue weighted by molar-refractivity contribution is -0.131. The van der Waals surface area contributed by atoms with Crippen molar-refractivity contribution >= 4 is 40.6 Å². The Balaban J connectivity index is 1.88. The van der Waals surface area contributed by atoms with Crippen LogP contribution in [0.2, 0.25) is 0 Å². The third kappa shape index (κ3) is 4.94. The number of halogens is 1. The van der Waals surface area contributed by atoms with Gasteiger partial charge in [0.15, 0.2) is 0 Å². The SMILES string of the molecule is CSc1ccc(CC(C2=C(C)/C(=C\C(=O)O)c3cc(F)ccc32)c2ccc(SC)cc2)cc1. The van der Waals surface area contributed by atoms with Crippen molar-refractivity contribution in [3.05, 3.63) is 106 Å². The van der Waals surface area contributed by atoms with E-state index >= 15 is 0 Å². The minimum absolute atomic E-state index is 0.00458. The lowest BCUT2D eigenvalue weighted by Crippen LogP contribution is -2.07. The van der Waals surface area contributed by atoms with Crippen molar-refractivity contribution in [3.63, 3.8) is 0 Å². The molecule has 1 aliphatic rings. The van der Waals surface area contributed by atoms with Crippen LogP contribution >= 0.6 is 23.5 Å². The lowest BCUT2D eigenvalue weighted by atomic mass is 9.82. The van der Waals surface area contributed by atoms with Crippen molar-refractivity contribution < 1.29 is 14.3 Å². The summed E-state index contributed by atoms with van der Waals surface area (Å²) in [4.78, 5) is 14.0. The topological polar surface area (TPSA) is 37.3 Å². The van der Waals surface area contributed by atoms with Gasteiger partial charge < -0.3 is 5.11 Å². The first-order chi connectivity index (χ1) is 15.9. The minimum atomic E-state index is -1.03.